The number of hydrogen-bond donors (Lipinski definition) is 1. The first-order valence-electron chi connectivity index (χ1n) is 6.69. The first-order chi connectivity index (χ1) is 7.35. The van der Waals surface area contributed by atoms with Crippen molar-refractivity contribution in [2.75, 3.05) is 6.54 Å². The monoisotopic (exact) mass is 207 g/mol. The van der Waals surface area contributed by atoms with Gasteiger partial charge < -0.3 is 5.32 Å². The van der Waals surface area contributed by atoms with Gasteiger partial charge in [0, 0.05) is 6.04 Å². The highest BCUT2D eigenvalue weighted by molar-refractivity contribution is 4.99. The molecule has 2 fully saturated rings. The summed E-state index contributed by atoms with van der Waals surface area (Å²) in [5, 5.41) is 3.74. The van der Waals surface area contributed by atoms with Crippen molar-refractivity contribution in [3.63, 3.8) is 0 Å². The summed E-state index contributed by atoms with van der Waals surface area (Å²) >= 11 is 0. The molecule has 3 atom stereocenters. The molecule has 2 rings (SSSR count). The summed E-state index contributed by atoms with van der Waals surface area (Å²) in [7, 11) is 0. The second kappa shape index (κ2) is 5.16. The Balaban J connectivity index is 1.77. The van der Waals surface area contributed by atoms with Crippen LogP contribution in [-0.2, 0) is 0 Å². The molecule has 86 valence electrons. The normalized spacial score (nSPS) is 34.9. The third-order valence-electron chi connectivity index (χ3n) is 4.19. The topological polar surface area (TPSA) is 12.0 Å². The number of allylic oxidation sites excluding steroid dienone is 1. The summed E-state index contributed by atoms with van der Waals surface area (Å²) < 4.78 is 0. The molecule has 0 aromatic carbocycles. The van der Waals surface area contributed by atoms with Crippen LogP contribution >= 0.6 is 0 Å². The van der Waals surface area contributed by atoms with E-state index in [1.165, 1.54) is 38.6 Å². The van der Waals surface area contributed by atoms with Crippen molar-refractivity contribution in [2.24, 2.45) is 17.8 Å². The Morgan fingerprint density at radius 2 is 2.07 bits per heavy atom. The highest BCUT2D eigenvalue weighted by Crippen LogP contribution is 2.55. The van der Waals surface area contributed by atoms with Crippen molar-refractivity contribution >= 4 is 0 Å². The molecule has 0 aliphatic heterocycles. The molecule has 1 N–H and O–H groups in total. The molecule has 0 aromatic heterocycles. The van der Waals surface area contributed by atoms with Crippen LogP contribution in [0.2, 0.25) is 0 Å². The van der Waals surface area contributed by atoms with E-state index < -0.39 is 0 Å². The minimum absolute atomic E-state index is 0.774. The van der Waals surface area contributed by atoms with Crippen LogP contribution in [0.3, 0.4) is 0 Å². The Morgan fingerprint density at radius 1 is 1.33 bits per heavy atom. The van der Waals surface area contributed by atoms with Gasteiger partial charge in [-0.1, -0.05) is 13.0 Å². The molecule has 0 aromatic rings. The van der Waals surface area contributed by atoms with Crippen molar-refractivity contribution in [1.29, 1.82) is 0 Å². The molecule has 1 heteroatoms. The first kappa shape index (κ1) is 11.2. The lowest BCUT2D eigenvalue weighted by atomic mass is 9.91. The van der Waals surface area contributed by atoms with Crippen molar-refractivity contribution in [2.45, 2.75) is 51.5 Å². The maximum atomic E-state index is 3.84. The molecule has 15 heavy (non-hydrogen) atoms. The van der Waals surface area contributed by atoms with E-state index >= 15 is 0 Å². The maximum absolute atomic E-state index is 3.84. The van der Waals surface area contributed by atoms with Crippen LogP contribution < -0.4 is 5.32 Å². The Labute approximate surface area is 94.3 Å². The molecule has 2 aliphatic carbocycles. The summed E-state index contributed by atoms with van der Waals surface area (Å²) in [5.41, 5.74) is 0. The van der Waals surface area contributed by atoms with Crippen molar-refractivity contribution in [1.82, 2.24) is 5.32 Å². The molecule has 0 radical (unpaired) electrons. The van der Waals surface area contributed by atoms with Gasteiger partial charge in [-0.15, -0.1) is 6.58 Å². The molecular formula is C14H25N. The average Bonchev–Trinajstić information content (AvgIpc) is 2.86. The summed E-state index contributed by atoms with van der Waals surface area (Å²) in [6, 6.07) is 0.774. The molecular weight excluding hydrogens is 182 g/mol. The van der Waals surface area contributed by atoms with E-state index in [0.717, 1.165) is 23.8 Å². The van der Waals surface area contributed by atoms with Crippen LogP contribution in [0.1, 0.15) is 45.4 Å². The van der Waals surface area contributed by atoms with Gasteiger partial charge in [0.25, 0.3) is 0 Å². The van der Waals surface area contributed by atoms with Crippen LogP contribution in [0.15, 0.2) is 12.7 Å². The molecule has 3 unspecified atom stereocenters. The Hall–Kier alpha value is -0.300. The highest BCUT2D eigenvalue weighted by atomic mass is 14.9. The predicted molar refractivity (Wildman–Crippen MR) is 65.8 cm³/mol. The lowest BCUT2D eigenvalue weighted by Crippen LogP contribution is -2.36. The van der Waals surface area contributed by atoms with E-state index in [9.17, 15) is 0 Å². The van der Waals surface area contributed by atoms with Gasteiger partial charge in [0.15, 0.2) is 0 Å². The summed E-state index contributed by atoms with van der Waals surface area (Å²) in [6.07, 6.45) is 10.3. The van der Waals surface area contributed by atoms with Gasteiger partial charge >= 0.3 is 0 Å². The maximum Gasteiger partial charge on any atom is 0.00984 e. The SMILES string of the molecule is C=CCCC(NCCC)C1CC2CC2C1. The zero-order valence-corrected chi connectivity index (χ0v) is 10.0. The van der Waals surface area contributed by atoms with Crippen molar-refractivity contribution in [3.05, 3.63) is 12.7 Å². The molecule has 0 bridgehead atoms. The molecule has 0 saturated heterocycles. The lowest BCUT2D eigenvalue weighted by molar-refractivity contribution is 0.320. The van der Waals surface area contributed by atoms with Gasteiger partial charge in [-0.2, -0.15) is 0 Å². The molecule has 0 heterocycles. The number of fused-ring (bicyclic) bond motifs is 1. The van der Waals surface area contributed by atoms with Crippen LogP contribution in [0, 0.1) is 17.8 Å². The zero-order valence-electron chi connectivity index (χ0n) is 10.0. The Morgan fingerprint density at radius 3 is 2.67 bits per heavy atom. The van der Waals surface area contributed by atoms with E-state index in [2.05, 4.69) is 24.9 Å². The highest BCUT2D eigenvalue weighted by Gasteiger charge is 2.47. The fraction of sp³-hybridized carbons (Fsp3) is 0.857. The van der Waals surface area contributed by atoms with E-state index in [4.69, 9.17) is 0 Å². The van der Waals surface area contributed by atoms with Gasteiger partial charge in [0.1, 0.15) is 0 Å². The molecule has 2 aliphatic rings. The largest absolute Gasteiger partial charge is 0.314 e. The van der Waals surface area contributed by atoms with E-state index in [-0.39, 0.29) is 0 Å². The van der Waals surface area contributed by atoms with Gasteiger partial charge in [-0.25, -0.2) is 0 Å². The third-order valence-corrected chi connectivity index (χ3v) is 4.19. The van der Waals surface area contributed by atoms with Gasteiger partial charge in [-0.05, 0) is 62.8 Å². The van der Waals surface area contributed by atoms with Crippen LogP contribution in [0.5, 0.6) is 0 Å². The van der Waals surface area contributed by atoms with Crippen molar-refractivity contribution in [3.8, 4) is 0 Å². The van der Waals surface area contributed by atoms with Crippen LogP contribution in [0.25, 0.3) is 0 Å². The molecule has 2 saturated carbocycles. The second-order valence-electron chi connectivity index (χ2n) is 5.41. The second-order valence-corrected chi connectivity index (χ2v) is 5.41. The van der Waals surface area contributed by atoms with E-state index in [1.807, 2.05) is 0 Å². The minimum Gasteiger partial charge on any atom is -0.314 e. The van der Waals surface area contributed by atoms with Gasteiger partial charge in [-0.3, -0.25) is 0 Å². The fourth-order valence-electron chi connectivity index (χ4n) is 3.22. The summed E-state index contributed by atoms with van der Waals surface area (Å²) in [4.78, 5) is 0. The zero-order chi connectivity index (χ0) is 10.7. The molecule has 0 amide bonds. The smallest absolute Gasteiger partial charge is 0.00984 e. The quantitative estimate of drug-likeness (QED) is 0.631. The Kier molecular flexibility index (Phi) is 3.85. The number of nitrogens with one attached hydrogen (secondary N) is 1. The first-order valence-corrected chi connectivity index (χ1v) is 6.69. The standard InChI is InChI=1S/C14H25N/c1-3-5-6-14(15-7-4-2)13-9-11-8-12(11)10-13/h3,11-15H,1,4-10H2,2H3. The van der Waals surface area contributed by atoms with Crippen molar-refractivity contribution < 1.29 is 0 Å². The minimum atomic E-state index is 0.774. The molecule has 1 nitrogen and oxygen atoms in total. The third kappa shape index (κ3) is 2.84. The lowest BCUT2D eigenvalue weighted by Gasteiger charge is -2.25. The molecule has 0 spiro atoms. The Bertz CT molecular complexity index is 201. The fourth-order valence-corrected chi connectivity index (χ4v) is 3.22. The summed E-state index contributed by atoms with van der Waals surface area (Å²) in [6.45, 7) is 7.28. The van der Waals surface area contributed by atoms with Crippen LogP contribution in [-0.4, -0.2) is 12.6 Å². The van der Waals surface area contributed by atoms with E-state index in [1.54, 1.807) is 6.42 Å². The van der Waals surface area contributed by atoms with E-state index in [0.29, 0.717) is 0 Å². The average molecular weight is 207 g/mol. The summed E-state index contributed by atoms with van der Waals surface area (Å²) in [5.74, 6) is 3.20. The van der Waals surface area contributed by atoms with Gasteiger partial charge in [0.05, 0.1) is 0 Å². The number of hydrogen-bond acceptors (Lipinski definition) is 1. The predicted octanol–water partition coefficient (Wildman–Crippen LogP) is 3.37. The van der Waals surface area contributed by atoms with Crippen LogP contribution in [0.4, 0.5) is 0 Å². The van der Waals surface area contributed by atoms with Gasteiger partial charge in [0.2, 0.25) is 0 Å². The number of rotatable bonds is 7.